The smallest absolute Gasteiger partial charge is 0.227 e. The predicted molar refractivity (Wildman–Crippen MR) is 115 cm³/mol. The molecule has 158 valence electrons. The first-order valence-corrected chi connectivity index (χ1v) is 10.4. The fourth-order valence-corrected chi connectivity index (χ4v) is 4.05. The van der Waals surface area contributed by atoms with E-state index in [-0.39, 0.29) is 23.2 Å². The molecule has 6 heteroatoms. The van der Waals surface area contributed by atoms with E-state index in [9.17, 15) is 4.79 Å². The molecule has 0 saturated carbocycles. The van der Waals surface area contributed by atoms with Crippen molar-refractivity contribution in [3.63, 3.8) is 0 Å². The van der Waals surface area contributed by atoms with Crippen LogP contribution in [0.25, 0.3) is 0 Å². The molecule has 1 N–H and O–H groups in total. The summed E-state index contributed by atoms with van der Waals surface area (Å²) in [5.74, 6) is 1.23. The third kappa shape index (κ3) is 5.60. The van der Waals surface area contributed by atoms with Gasteiger partial charge in [-0.1, -0.05) is 32.9 Å². The number of carbonyl (C=O) groups is 1. The van der Waals surface area contributed by atoms with Crippen molar-refractivity contribution in [2.45, 2.75) is 33.1 Å². The number of methoxy groups -OCH3 is 1. The van der Waals surface area contributed by atoms with Crippen LogP contribution in [0.1, 0.15) is 37.8 Å². The molecule has 1 fully saturated rings. The lowest BCUT2D eigenvalue weighted by molar-refractivity contribution is -0.136. The fourth-order valence-electron chi connectivity index (χ4n) is 4.05. The highest BCUT2D eigenvalue weighted by molar-refractivity contribution is 5.80. The molecule has 3 rings (SSSR count). The summed E-state index contributed by atoms with van der Waals surface area (Å²) in [4.78, 5) is 15.6. The number of benzene rings is 1. The van der Waals surface area contributed by atoms with E-state index < -0.39 is 0 Å². The van der Waals surface area contributed by atoms with Crippen molar-refractivity contribution < 1.29 is 9.53 Å². The van der Waals surface area contributed by atoms with Gasteiger partial charge in [0.25, 0.3) is 0 Å². The molecule has 0 spiro atoms. The first-order chi connectivity index (χ1) is 13.8. The number of ether oxygens (including phenoxy) is 1. The molecule has 2 heterocycles. The molecular weight excluding hydrogens is 364 g/mol. The Kier molecular flexibility index (Phi) is 6.63. The van der Waals surface area contributed by atoms with Gasteiger partial charge in [-0.15, -0.1) is 0 Å². The summed E-state index contributed by atoms with van der Waals surface area (Å²) < 4.78 is 7.05. The molecule has 1 saturated heterocycles. The molecule has 0 radical (unpaired) electrons. The van der Waals surface area contributed by atoms with Gasteiger partial charge < -0.3 is 15.0 Å². The average Bonchev–Trinajstić information content (AvgIpc) is 3.32. The Labute approximate surface area is 174 Å². The zero-order valence-electron chi connectivity index (χ0n) is 18.3. The van der Waals surface area contributed by atoms with Gasteiger partial charge in [0, 0.05) is 45.3 Å². The quantitative estimate of drug-likeness (QED) is 0.779. The molecule has 0 unspecified atom stereocenters. The SMILES string of the molecule is COc1ccc(CCN(CC(C)(C)C)C(=O)[C@H]2CNC[C@@H]2c2cnn(C)c2)cc1. The van der Waals surface area contributed by atoms with Crippen molar-refractivity contribution in [2.75, 3.05) is 33.3 Å². The maximum absolute atomic E-state index is 13.6. The van der Waals surface area contributed by atoms with Crippen LogP contribution in [0.15, 0.2) is 36.7 Å². The van der Waals surface area contributed by atoms with Crippen molar-refractivity contribution >= 4 is 5.91 Å². The second kappa shape index (κ2) is 8.99. The predicted octanol–water partition coefficient (Wildman–Crippen LogP) is 2.85. The van der Waals surface area contributed by atoms with E-state index in [4.69, 9.17) is 4.74 Å². The summed E-state index contributed by atoms with van der Waals surface area (Å²) in [6.07, 6.45) is 4.76. The highest BCUT2D eigenvalue weighted by Crippen LogP contribution is 2.30. The molecule has 0 aliphatic carbocycles. The Morgan fingerprint density at radius 3 is 2.59 bits per heavy atom. The van der Waals surface area contributed by atoms with Crippen molar-refractivity contribution in [3.8, 4) is 5.75 Å². The van der Waals surface area contributed by atoms with Gasteiger partial charge in [0.05, 0.1) is 19.2 Å². The normalized spacial score (nSPS) is 19.3. The van der Waals surface area contributed by atoms with E-state index in [0.717, 1.165) is 43.9 Å². The molecule has 29 heavy (non-hydrogen) atoms. The molecule has 1 amide bonds. The van der Waals surface area contributed by atoms with E-state index in [0.29, 0.717) is 0 Å². The van der Waals surface area contributed by atoms with E-state index in [1.165, 1.54) is 5.56 Å². The largest absolute Gasteiger partial charge is 0.497 e. The summed E-state index contributed by atoms with van der Waals surface area (Å²) in [5.41, 5.74) is 2.40. The number of carbonyl (C=O) groups excluding carboxylic acids is 1. The van der Waals surface area contributed by atoms with Gasteiger partial charge in [-0.05, 0) is 35.1 Å². The Morgan fingerprint density at radius 2 is 2.00 bits per heavy atom. The zero-order chi connectivity index (χ0) is 21.0. The number of aromatic nitrogens is 2. The Hall–Kier alpha value is -2.34. The third-order valence-electron chi connectivity index (χ3n) is 5.49. The van der Waals surface area contributed by atoms with Crippen LogP contribution in [-0.2, 0) is 18.3 Å². The summed E-state index contributed by atoms with van der Waals surface area (Å²) in [6, 6.07) is 8.11. The number of rotatable bonds is 7. The van der Waals surface area contributed by atoms with Crippen LogP contribution in [0, 0.1) is 11.3 Å². The monoisotopic (exact) mass is 398 g/mol. The molecule has 6 nitrogen and oxygen atoms in total. The number of hydrogen-bond acceptors (Lipinski definition) is 4. The van der Waals surface area contributed by atoms with Gasteiger partial charge in [0.1, 0.15) is 5.75 Å². The average molecular weight is 399 g/mol. The van der Waals surface area contributed by atoms with Crippen LogP contribution in [0.2, 0.25) is 0 Å². The molecule has 1 aliphatic heterocycles. The molecule has 1 aliphatic rings. The van der Waals surface area contributed by atoms with Crippen molar-refractivity contribution in [2.24, 2.45) is 18.4 Å². The molecular formula is C23H34N4O2. The van der Waals surface area contributed by atoms with Gasteiger partial charge in [-0.25, -0.2) is 0 Å². The van der Waals surface area contributed by atoms with Gasteiger partial charge >= 0.3 is 0 Å². The summed E-state index contributed by atoms with van der Waals surface area (Å²) >= 11 is 0. The minimum absolute atomic E-state index is 0.0441. The number of aryl methyl sites for hydroxylation is 1. The molecule has 2 aromatic rings. The molecule has 1 aromatic carbocycles. The van der Waals surface area contributed by atoms with Crippen LogP contribution < -0.4 is 10.1 Å². The van der Waals surface area contributed by atoms with E-state index in [1.54, 1.807) is 7.11 Å². The standard InChI is InChI=1S/C23H34N4O2/c1-23(2,3)16-27(11-10-17-6-8-19(29-5)9-7-17)22(28)21-14-24-13-20(21)18-12-25-26(4)15-18/h6-9,12,15,20-21,24H,10-11,13-14,16H2,1-5H3/t20-,21+/m1/s1. The summed E-state index contributed by atoms with van der Waals surface area (Å²) in [6.45, 7) is 9.58. The van der Waals surface area contributed by atoms with Crippen LogP contribution in [0.4, 0.5) is 0 Å². The third-order valence-corrected chi connectivity index (χ3v) is 5.49. The second-order valence-electron chi connectivity index (χ2n) is 9.24. The number of amides is 1. The lowest BCUT2D eigenvalue weighted by Crippen LogP contribution is -2.44. The lowest BCUT2D eigenvalue weighted by atomic mass is 9.88. The zero-order valence-corrected chi connectivity index (χ0v) is 18.3. The minimum atomic E-state index is -0.0441. The lowest BCUT2D eigenvalue weighted by Gasteiger charge is -2.33. The Bertz CT molecular complexity index is 807. The Balaban J connectivity index is 1.73. The van der Waals surface area contributed by atoms with Crippen molar-refractivity contribution in [1.29, 1.82) is 0 Å². The van der Waals surface area contributed by atoms with Crippen LogP contribution in [0.5, 0.6) is 5.75 Å². The second-order valence-corrected chi connectivity index (χ2v) is 9.24. The van der Waals surface area contributed by atoms with Crippen molar-refractivity contribution in [1.82, 2.24) is 20.0 Å². The highest BCUT2D eigenvalue weighted by atomic mass is 16.5. The van der Waals surface area contributed by atoms with Gasteiger partial charge in [-0.2, -0.15) is 5.10 Å². The van der Waals surface area contributed by atoms with Crippen LogP contribution in [-0.4, -0.2) is 53.9 Å². The van der Waals surface area contributed by atoms with E-state index >= 15 is 0 Å². The minimum Gasteiger partial charge on any atom is -0.497 e. The maximum Gasteiger partial charge on any atom is 0.227 e. The number of hydrogen-bond donors (Lipinski definition) is 1. The maximum atomic E-state index is 13.6. The van der Waals surface area contributed by atoms with Gasteiger partial charge in [0.15, 0.2) is 0 Å². The topological polar surface area (TPSA) is 59.4 Å². The van der Waals surface area contributed by atoms with E-state index in [2.05, 4.69) is 48.2 Å². The molecule has 2 atom stereocenters. The van der Waals surface area contributed by atoms with Gasteiger partial charge in [0.2, 0.25) is 5.91 Å². The van der Waals surface area contributed by atoms with E-state index in [1.807, 2.05) is 36.3 Å². The molecule has 0 bridgehead atoms. The summed E-state index contributed by atoms with van der Waals surface area (Å²) in [5, 5.41) is 7.72. The fraction of sp³-hybridized carbons (Fsp3) is 0.565. The van der Waals surface area contributed by atoms with Crippen LogP contribution >= 0.6 is 0 Å². The molecule has 1 aromatic heterocycles. The van der Waals surface area contributed by atoms with Crippen molar-refractivity contribution in [3.05, 3.63) is 47.8 Å². The first-order valence-electron chi connectivity index (χ1n) is 10.4. The number of nitrogens with zero attached hydrogens (tertiary/aromatic N) is 3. The number of nitrogens with one attached hydrogen (secondary N) is 1. The Morgan fingerprint density at radius 1 is 1.28 bits per heavy atom. The first kappa shape index (κ1) is 21.4. The van der Waals surface area contributed by atoms with Crippen LogP contribution in [0.3, 0.4) is 0 Å². The highest BCUT2D eigenvalue weighted by Gasteiger charge is 2.37. The summed E-state index contributed by atoms with van der Waals surface area (Å²) in [7, 11) is 3.59. The van der Waals surface area contributed by atoms with Gasteiger partial charge in [-0.3, -0.25) is 9.48 Å².